The van der Waals surface area contributed by atoms with Gasteiger partial charge in [0.15, 0.2) is 5.65 Å². The van der Waals surface area contributed by atoms with E-state index in [0.29, 0.717) is 17.6 Å². The van der Waals surface area contributed by atoms with Crippen LogP contribution in [0.15, 0.2) is 43.0 Å². The predicted octanol–water partition coefficient (Wildman–Crippen LogP) is 0.931. The van der Waals surface area contributed by atoms with Crippen molar-refractivity contribution >= 4 is 22.6 Å². The van der Waals surface area contributed by atoms with Crippen molar-refractivity contribution in [2.24, 2.45) is 0 Å². The van der Waals surface area contributed by atoms with Gasteiger partial charge >= 0.3 is 0 Å². The maximum atomic E-state index is 12.2. The predicted molar refractivity (Wildman–Crippen MR) is 78.0 cm³/mol. The molecule has 2 N–H and O–H groups in total. The number of aromatic amines is 1. The zero-order valence-corrected chi connectivity index (χ0v) is 11.4. The van der Waals surface area contributed by atoms with E-state index in [1.165, 1.54) is 0 Å². The molecule has 4 aromatic rings. The van der Waals surface area contributed by atoms with Crippen LogP contribution in [0.5, 0.6) is 0 Å². The SMILES string of the molecule is O=C(NCc1cnc2cnccn12)c1ccc2n[nH]nc2c1. The Labute approximate surface area is 124 Å². The highest BCUT2D eigenvalue weighted by molar-refractivity contribution is 5.97. The minimum atomic E-state index is -0.172. The van der Waals surface area contributed by atoms with E-state index in [0.717, 1.165) is 16.9 Å². The number of H-pyrrole nitrogens is 1. The van der Waals surface area contributed by atoms with Crippen molar-refractivity contribution in [3.05, 3.63) is 54.2 Å². The van der Waals surface area contributed by atoms with Crippen molar-refractivity contribution < 1.29 is 4.79 Å². The molecule has 4 rings (SSSR count). The summed E-state index contributed by atoms with van der Waals surface area (Å²) in [6.07, 6.45) is 6.88. The van der Waals surface area contributed by atoms with Gasteiger partial charge in [0.05, 0.1) is 24.6 Å². The molecule has 0 atom stereocenters. The Bertz CT molecular complexity index is 971. The number of amides is 1. The van der Waals surface area contributed by atoms with Crippen molar-refractivity contribution in [1.29, 1.82) is 0 Å². The number of hydrogen-bond donors (Lipinski definition) is 2. The summed E-state index contributed by atoms with van der Waals surface area (Å²) in [5, 5.41) is 13.3. The standard InChI is InChI=1S/C14H11N7O/c22-14(9-1-2-11-12(5-9)19-20-18-11)17-7-10-6-16-13-8-15-3-4-21(10)13/h1-6,8H,7H2,(H,17,22)(H,18,19,20). The number of aromatic nitrogens is 6. The van der Waals surface area contributed by atoms with Gasteiger partial charge in [-0.3, -0.25) is 14.2 Å². The molecule has 0 aliphatic heterocycles. The van der Waals surface area contributed by atoms with Crippen LogP contribution in [0.4, 0.5) is 0 Å². The van der Waals surface area contributed by atoms with Crippen LogP contribution in [0.1, 0.15) is 16.1 Å². The first-order valence-electron chi connectivity index (χ1n) is 6.66. The molecule has 8 heteroatoms. The third-order valence-corrected chi connectivity index (χ3v) is 3.40. The lowest BCUT2D eigenvalue weighted by Crippen LogP contribution is -2.23. The van der Waals surface area contributed by atoms with Gasteiger partial charge in [0, 0.05) is 18.0 Å². The molecule has 0 radical (unpaired) electrons. The minimum absolute atomic E-state index is 0.172. The maximum Gasteiger partial charge on any atom is 0.251 e. The normalized spacial score (nSPS) is 11.1. The summed E-state index contributed by atoms with van der Waals surface area (Å²) in [6, 6.07) is 5.18. The van der Waals surface area contributed by atoms with Crippen LogP contribution >= 0.6 is 0 Å². The quantitative estimate of drug-likeness (QED) is 0.585. The molecule has 0 aliphatic carbocycles. The van der Waals surface area contributed by atoms with E-state index >= 15 is 0 Å². The van der Waals surface area contributed by atoms with Gasteiger partial charge < -0.3 is 5.32 Å². The fourth-order valence-corrected chi connectivity index (χ4v) is 2.28. The number of hydrogen-bond acceptors (Lipinski definition) is 5. The van der Waals surface area contributed by atoms with Crippen molar-refractivity contribution in [1.82, 2.24) is 35.1 Å². The van der Waals surface area contributed by atoms with Crippen LogP contribution in [0.25, 0.3) is 16.7 Å². The molecule has 3 heterocycles. The zero-order chi connectivity index (χ0) is 14.9. The van der Waals surface area contributed by atoms with Crippen LogP contribution in [0.3, 0.4) is 0 Å². The molecule has 0 unspecified atom stereocenters. The van der Waals surface area contributed by atoms with Gasteiger partial charge in [-0.05, 0) is 18.2 Å². The number of carbonyl (C=O) groups is 1. The molecular weight excluding hydrogens is 282 g/mol. The highest BCUT2D eigenvalue weighted by Crippen LogP contribution is 2.11. The topological polar surface area (TPSA) is 101 Å². The van der Waals surface area contributed by atoms with E-state index in [1.807, 2.05) is 10.6 Å². The number of rotatable bonds is 3. The number of carbonyl (C=O) groups excluding carboxylic acids is 1. The van der Waals surface area contributed by atoms with Crippen molar-refractivity contribution in [3.8, 4) is 0 Å². The molecular formula is C14H11N7O. The van der Waals surface area contributed by atoms with Gasteiger partial charge in [0.25, 0.3) is 5.91 Å². The Balaban J connectivity index is 1.54. The van der Waals surface area contributed by atoms with E-state index in [4.69, 9.17) is 0 Å². The first-order valence-corrected chi connectivity index (χ1v) is 6.66. The first-order chi connectivity index (χ1) is 10.8. The number of nitrogens with one attached hydrogen (secondary N) is 2. The maximum absolute atomic E-state index is 12.2. The van der Waals surface area contributed by atoms with E-state index in [2.05, 4.69) is 30.7 Å². The van der Waals surface area contributed by atoms with Crippen LogP contribution in [0.2, 0.25) is 0 Å². The smallest absolute Gasteiger partial charge is 0.251 e. The Morgan fingerprint density at radius 2 is 2.14 bits per heavy atom. The summed E-state index contributed by atoms with van der Waals surface area (Å²) >= 11 is 0. The Morgan fingerprint density at radius 1 is 1.23 bits per heavy atom. The summed E-state index contributed by atoms with van der Waals surface area (Å²) in [5.41, 5.74) is 3.56. The van der Waals surface area contributed by atoms with Gasteiger partial charge in [0.2, 0.25) is 0 Å². The third kappa shape index (κ3) is 2.06. The molecule has 22 heavy (non-hydrogen) atoms. The van der Waals surface area contributed by atoms with Gasteiger partial charge in [-0.15, -0.1) is 0 Å². The van der Waals surface area contributed by atoms with E-state index < -0.39 is 0 Å². The largest absolute Gasteiger partial charge is 0.346 e. The van der Waals surface area contributed by atoms with Crippen molar-refractivity contribution in [3.63, 3.8) is 0 Å². The number of benzene rings is 1. The lowest BCUT2D eigenvalue weighted by atomic mass is 10.2. The summed E-state index contributed by atoms with van der Waals surface area (Å²) in [6.45, 7) is 0.376. The molecule has 0 bridgehead atoms. The van der Waals surface area contributed by atoms with E-state index in [9.17, 15) is 4.79 Å². The highest BCUT2D eigenvalue weighted by Gasteiger charge is 2.09. The summed E-state index contributed by atoms with van der Waals surface area (Å²) in [4.78, 5) is 20.5. The Kier molecular flexibility index (Phi) is 2.78. The molecule has 3 aromatic heterocycles. The Hall–Kier alpha value is -3.29. The molecule has 8 nitrogen and oxygen atoms in total. The van der Waals surface area contributed by atoms with Gasteiger partial charge in [-0.2, -0.15) is 15.4 Å². The zero-order valence-electron chi connectivity index (χ0n) is 11.4. The van der Waals surface area contributed by atoms with Crippen LogP contribution < -0.4 is 5.32 Å². The molecule has 0 aliphatic rings. The second kappa shape index (κ2) is 4.92. The molecule has 0 saturated heterocycles. The monoisotopic (exact) mass is 293 g/mol. The Morgan fingerprint density at radius 3 is 3.09 bits per heavy atom. The average Bonchev–Trinajstić information content (AvgIpc) is 3.18. The second-order valence-electron chi connectivity index (χ2n) is 4.76. The van der Waals surface area contributed by atoms with Crippen molar-refractivity contribution in [2.45, 2.75) is 6.54 Å². The number of fused-ring (bicyclic) bond motifs is 2. The molecule has 108 valence electrons. The van der Waals surface area contributed by atoms with E-state index in [-0.39, 0.29) is 5.91 Å². The number of nitrogens with zero attached hydrogens (tertiary/aromatic N) is 5. The van der Waals surface area contributed by atoms with Crippen molar-refractivity contribution in [2.75, 3.05) is 0 Å². The first kappa shape index (κ1) is 12.5. The van der Waals surface area contributed by atoms with Gasteiger partial charge in [-0.25, -0.2) is 4.98 Å². The molecule has 0 fully saturated rings. The lowest BCUT2D eigenvalue weighted by Gasteiger charge is -2.05. The fraction of sp³-hybridized carbons (Fsp3) is 0.0714. The van der Waals surface area contributed by atoms with Gasteiger partial charge in [-0.1, -0.05) is 0 Å². The van der Waals surface area contributed by atoms with Crippen LogP contribution in [-0.2, 0) is 6.54 Å². The third-order valence-electron chi connectivity index (χ3n) is 3.40. The number of imidazole rings is 1. The van der Waals surface area contributed by atoms with Gasteiger partial charge in [0.1, 0.15) is 11.0 Å². The molecule has 1 aromatic carbocycles. The fourth-order valence-electron chi connectivity index (χ4n) is 2.28. The summed E-state index contributed by atoms with van der Waals surface area (Å²) in [5.74, 6) is -0.172. The minimum Gasteiger partial charge on any atom is -0.346 e. The molecule has 1 amide bonds. The summed E-state index contributed by atoms with van der Waals surface area (Å²) < 4.78 is 1.88. The lowest BCUT2D eigenvalue weighted by molar-refractivity contribution is 0.0950. The van der Waals surface area contributed by atoms with E-state index in [1.54, 1.807) is 36.8 Å². The summed E-state index contributed by atoms with van der Waals surface area (Å²) in [7, 11) is 0. The van der Waals surface area contributed by atoms with Crippen LogP contribution in [-0.4, -0.2) is 35.7 Å². The average molecular weight is 293 g/mol. The molecule has 0 spiro atoms. The molecule has 0 saturated carbocycles. The highest BCUT2D eigenvalue weighted by atomic mass is 16.1. The second-order valence-corrected chi connectivity index (χ2v) is 4.76. The van der Waals surface area contributed by atoms with Crippen LogP contribution in [0, 0.1) is 0 Å².